The lowest BCUT2D eigenvalue weighted by atomic mass is 10.2. The van der Waals surface area contributed by atoms with Crippen molar-refractivity contribution >= 4 is 33.4 Å². The molecule has 0 saturated carbocycles. The number of aryl methyl sites for hydroxylation is 1. The molecular weight excluding hydrogens is 470 g/mol. The Bertz CT molecular complexity index is 1040. The minimum atomic E-state index is -3.76. The number of rotatable bonds is 12. The van der Waals surface area contributed by atoms with Crippen molar-refractivity contribution in [2.24, 2.45) is 0 Å². The molecule has 0 spiro atoms. The maximum absolute atomic E-state index is 12.3. The van der Waals surface area contributed by atoms with E-state index in [2.05, 4.69) is 15.6 Å². The summed E-state index contributed by atoms with van der Waals surface area (Å²) < 4.78 is 37.8. The number of sulfonamides is 1. The van der Waals surface area contributed by atoms with Crippen molar-refractivity contribution < 1.29 is 27.5 Å². The van der Waals surface area contributed by atoms with Crippen LogP contribution in [-0.4, -0.2) is 40.0 Å². The molecule has 0 fully saturated rings. The second kappa shape index (κ2) is 13.0. The summed E-state index contributed by atoms with van der Waals surface area (Å²) in [5.41, 5.74) is 5.45. The smallest absolute Gasteiger partial charge is 0.240 e. The zero-order valence-corrected chi connectivity index (χ0v) is 20.1. The molecule has 2 aromatic carbocycles. The van der Waals surface area contributed by atoms with Crippen molar-refractivity contribution in [1.29, 1.82) is 0 Å². The van der Waals surface area contributed by atoms with E-state index in [9.17, 15) is 18.0 Å². The van der Waals surface area contributed by atoms with Crippen molar-refractivity contribution in [2.75, 3.05) is 19.8 Å². The lowest BCUT2D eigenvalue weighted by Crippen LogP contribution is -2.42. The molecule has 0 atom stereocenters. The van der Waals surface area contributed by atoms with Gasteiger partial charge in [0.25, 0.3) is 0 Å². The van der Waals surface area contributed by atoms with Crippen molar-refractivity contribution in [3.05, 3.63) is 53.1 Å². The van der Waals surface area contributed by atoms with Crippen LogP contribution < -0.4 is 25.0 Å². The minimum Gasteiger partial charge on any atom is -0.494 e. The van der Waals surface area contributed by atoms with Crippen LogP contribution in [0.5, 0.6) is 11.5 Å². The minimum absolute atomic E-state index is 0.0654. The van der Waals surface area contributed by atoms with Crippen LogP contribution in [0.1, 0.15) is 31.7 Å². The molecule has 0 bridgehead atoms. The van der Waals surface area contributed by atoms with E-state index in [1.54, 1.807) is 30.3 Å². The average Bonchev–Trinajstić information content (AvgIpc) is 2.77. The Labute approximate surface area is 198 Å². The number of carbonyl (C=O) groups excluding carboxylic acids is 2. The van der Waals surface area contributed by atoms with Crippen LogP contribution in [0.25, 0.3) is 0 Å². The maximum Gasteiger partial charge on any atom is 0.240 e. The number of hydrogen-bond acceptors (Lipinski definition) is 6. The Kier molecular flexibility index (Phi) is 10.4. The maximum atomic E-state index is 12.3. The van der Waals surface area contributed by atoms with E-state index in [0.29, 0.717) is 36.2 Å². The summed E-state index contributed by atoms with van der Waals surface area (Å²) in [4.78, 5) is 23.8. The van der Waals surface area contributed by atoms with Gasteiger partial charge >= 0.3 is 0 Å². The van der Waals surface area contributed by atoms with Gasteiger partial charge in [-0.05, 0) is 68.3 Å². The summed E-state index contributed by atoms with van der Waals surface area (Å²) in [6, 6.07) is 11.2. The number of nitrogens with one attached hydrogen (secondary N) is 3. The number of halogens is 1. The van der Waals surface area contributed by atoms with Crippen molar-refractivity contribution in [3.63, 3.8) is 0 Å². The number of carbonyl (C=O) groups is 2. The molecule has 0 radical (unpaired) electrons. The van der Waals surface area contributed by atoms with Gasteiger partial charge in [-0.3, -0.25) is 20.4 Å². The quantitative estimate of drug-likeness (QED) is 0.306. The van der Waals surface area contributed by atoms with E-state index in [4.69, 9.17) is 21.1 Å². The van der Waals surface area contributed by atoms with Gasteiger partial charge in [0.2, 0.25) is 21.8 Å². The highest BCUT2D eigenvalue weighted by Crippen LogP contribution is 2.22. The van der Waals surface area contributed by atoms with Gasteiger partial charge in [-0.2, -0.15) is 0 Å². The summed E-state index contributed by atoms with van der Waals surface area (Å²) in [5.74, 6) is 0.361. The van der Waals surface area contributed by atoms with Gasteiger partial charge < -0.3 is 9.47 Å². The van der Waals surface area contributed by atoms with Crippen LogP contribution in [0.15, 0.2) is 47.4 Å². The van der Waals surface area contributed by atoms with Crippen LogP contribution in [0, 0.1) is 6.92 Å². The second-order valence-electron chi connectivity index (χ2n) is 7.01. The molecule has 0 unspecified atom stereocenters. The fraction of sp³-hybridized carbons (Fsp3) is 0.364. The first-order valence-electron chi connectivity index (χ1n) is 10.4. The van der Waals surface area contributed by atoms with E-state index >= 15 is 0 Å². The SMILES string of the molecule is CCOc1ccc(S(=O)(=O)NCCC(=O)NNC(=O)CCCOc2ccc(Cl)cc2C)cc1. The molecule has 0 aromatic heterocycles. The van der Waals surface area contributed by atoms with Gasteiger partial charge in [-0.1, -0.05) is 11.6 Å². The molecule has 3 N–H and O–H groups in total. The molecule has 2 aromatic rings. The highest BCUT2D eigenvalue weighted by molar-refractivity contribution is 7.89. The predicted molar refractivity (Wildman–Crippen MR) is 125 cm³/mol. The molecule has 11 heteroatoms. The van der Waals surface area contributed by atoms with Crippen LogP contribution in [0.2, 0.25) is 5.02 Å². The fourth-order valence-electron chi connectivity index (χ4n) is 2.72. The first-order valence-corrected chi connectivity index (χ1v) is 12.3. The van der Waals surface area contributed by atoms with Gasteiger partial charge in [0.05, 0.1) is 18.1 Å². The first kappa shape index (κ1) is 26.4. The predicted octanol–water partition coefficient (Wildman–Crippen LogP) is 2.72. The van der Waals surface area contributed by atoms with Crippen LogP contribution in [-0.2, 0) is 19.6 Å². The Hall–Kier alpha value is -2.82. The normalized spacial score (nSPS) is 11.0. The van der Waals surface area contributed by atoms with Gasteiger partial charge in [0.1, 0.15) is 11.5 Å². The monoisotopic (exact) mass is 497 g/mol. The second-order valence-corrected chi connectivity index (χ2v) is 9.21. The molecule has 0 saturated heterocycles. The van der Waals surface area contributed by atoms with Crippen LogP contribution >= 0.6 is 11.6 Å². The highest BCUT2D eigenvalue weighted by Gasteiger charge is 2.14. The zero-order valence-electron chi connectivity index (χ0n) is 18.5. The van der Waals surface area contributed by atoms with E-state index in [1.807, 2.05) is 13.8 Å². The molecule has 9 nitrogen and oxygen atoms in total. The summed E-state index contributed by atoms with van der Waals surface area (Å²) >= 11 is 5.90. The largest absolute Gasteiger partial charge is 0.494 e. The topological polar surface area (TPSA) is 123 Å². The third-order valence-corrected chi connectivity index (χ3v) is 6.09. The van der Waals surface area contributed by atoms with Crippen molar-refractivity contribution in [1.82, 2.24) is 15.6 Å². The van der Waals surface area contributed by atoms with E-state index in [1.165, 1.54) is 12.1 Å². The molecule has 0 aliphatic carbocycles. The molecule has 33 heavy (non-hydrogen) atoms. The van der Waals surface area contributed by atoms with Gasteiger partial charge in [0.15, 0.2) is 0 Å². The van der Waals surface area contributed by atoms with E-state index < -0.39 is 15.9 Å². The van der Waals surface area contributed by atoms with Crippen LogP contribution in [0.4, 0.5) is 0 Å². The third-order valence-electron chi connectivity index (χ3n) is 4.37. The summed E-state index contributed by atoms with van der Waals surface area (Å²) in [6.07, 6.45) is 0.457. The van der Waals surface area contributed by atoms with Crippen LogP contribution in [0.3, 0.4) is 0 Å². The standard InChI is InChI=1S/C22H28ClN3O6S/c1-3-31-18-7-9-19(10-8-18)33(29,30)24-13-12-22(28)26-25-21(27)5-4-14-32-20-11-6-17(23)15-16(20)2/h6-11,15,24H,3-5,12-14H2,1-2H3,(H,25,27)(H,26,28). The Morgan fingerprint density at radius 1 is 0.970 bits per heavy atom. The molecule has 0 aliphatic heterocycles. The number of hydrogen-bond donors (Lipinski definition) is 3. The first-order chi connectivity index (χ1) is 15.7. The molecular formula is C22H28ClN3O6S. The Balaban J connectivity index is 1.62. The highest BCUT2D eigenvalue weighted by atomic mass is 35.5. The van der Waals surface area contributed by atoms with Gasteiger partial charge in [-0.15, -0.1) is 0 Å². The number of ether oxygens (including phenoxy) is 2. The Morgan fingerprint density at radius 2 is 1.64 bits per heavy atom. The molecule has 180 valence electrons. The molecule has 0 aliphatic rings. The summed E-state index contributed by atoms with van der Waals surface area (Å²) in [7, 11) is -3.76. The Morgan fingerprint density at radius 3 is 2.27 bits per heavy atom. The van der Waals surface area contributed by atoms with Gasteiger partial charge in [-0.25, -0.2) is 13.1 Å². The zero-order chi connectivity index (χ0) is 24.3. The van der Waals surface area contributed by atoms with Crippen molar-refractivity contribution in [3.8, 4) is 11.5 Å². The molecule has 0 heterocycles. The van der Waals surface area contributed by atoms with Gasteiger partial charge in [0, 0.05) is 24.4 Å². The number of amides is 2. The number of hydrazine groups is 1. The molecule has 2 rings (SSSR count). The summed E-state index contributed by atoms with van der Waals surface area (Å²) in [5, 5.41) is 0.624. The third kappa shape index (κ3) is 9.29. The summed E-state index contributed by atoms with van der Waals surface area (Å²) in [6.45, 7) is 4.40. The van der Waals surface area contributed by atoms with E-state index in [-0.39, 0.29) is 30.2 Å². The molecule has 2 amide bonds. The average molecular weight is 498 g/mol. The fourth-order valence-corrected chi connectivity index (χ4v) is 3.98. The number of benzene rings is 2. The van der Waals surface area contributed by atoms with E-state index in [0.717, 1.165) is 5.56 Å². The van der Waals surface area contributed by atoms with Crippen molar-refractivity contribution in [2.45, 2.75) is 38.0 Å². The lowest BCUT2D eigenvalue weighted by molar-refractivity contribution is -0.128. The lowest BCUT2D eigenvalue weighted by Gasteiger charge is -2.10.